The second kappa shape index (κ2) is 4.65. The molecule has 0 unspecified atom stereocenters. The van der Waals surface area contributed by atoms with Crippen molar-refractivity contribution in [2.75, 3.05) is 0 Å². The second-order valence-corrected chi connectivity index (χ2v) is 4.88. The van der Waals surface area contributed by atoms with Crippen LogP contribution in [-0.2, 0) is 13.5 Å². The van der Waals surface area contributed by atoms with E-state index < -0.39 is 0 Å². The fourth-order valence-electron chi connectivity index (χ4n) is 1.62. The summed E-state index contributed by atoms with van der Waals surface area (Å²) < 4.78 is 2.10. The molecule has 0 spiro atoms. The van der Waals surface area contributed by atoms with Gasteiger partial charge in [-0.1, -0.05) is 6.42 Å². The molecule has 0 aromatic carbocycles. The molecule has 2 nitrogen and oxygen atoms in total. The summed E-state index contributed by atoms with van der Waals surface area (Å²) in [5.74, 6) is 0. The van der Waals surface area contributed by atoms with Gasteiger partial charge in [-0.05, 0) is 44.7 Å². The second-order valence-electron chi connectivity index (χ2n) is 4.88. The molecule has 0 atom stereocenters. The lowest BCUT2D eigenvalue weighted by Gasteiger charge is -2.17. The maximum absolute atomic E-state index is 5.91. The lowest BCUT2D eigenvalue weighted by Crippen LogP contribution is -2.31. The van der Waals surface area contributed by atoms with E-state index in [2.05, 4.69) is 43.9 Å². The molecule has 0 saturated heterocycles. The van der Waals surface area contributed by atoms with Crippen LogP contribution in [0.1, 0.15) is 38.7 Å². The molecule has 1 rings (SSSR count). The van der Waals surface area contributed by atoms with Crippen molar-refractivity contribution in [3.05, 3.63) is 24.0 Å². The molecule has 2 heteroatoms. The lowest BCUT2D eigenvalue weighted by atomic mass is 9.97. The first-order valence-corrected chi connectivity index (χ1v) is 5.37. The standard InChI is InChI=1S/C12H22N2/c1-12(2,13)8-5-4-6-11-7-9-14(3)10-11/h7,9-10H,4-6,8,13H2,1-3H3. The Bertz CT molecular complexity index is 268. The number of hydrogen-bond acceptors (Lipinski definition) is 1. The van der Waals surface area contributed by atoms with Crippen LogP contribution in [0.5, 0.6) is 0 Å². The number of nitrogens with two attached hydrogens (primary N) is 1. The van der Waals surface area contributed by atoms with Crippen molar-refractivity contribution < 1.29 is 0 Å². The van der Waals surface area contributed by atoms with Crippen LogP contribution in [0.2, 0.25) is 0 Å². The first-order chi connectivity index (χ1) is 6.47. The normalized spacial score (nSPS) is 12.0. The summed E-state index contributed by atoms with van der Waals surface area (Å²) in [6, 6.07) is 2.19. The Balaban J connectivity index is 2.16. The predicted octanol–water partition coefficient (Wildman–Crippen LogP) is 2.48. The Morgan fingerprint density at radius 3 is 2.57 bits per heavy atom. The van der Waals surface area contributed by atoms with E-state index in [9.17, 15) is 0 Å². The highest BCUT2D eigenvalue weighted by atomic mass is 14.9. The monoisotopic (exact) mass is 194 g/mol. The molecule has 0 bridgehead atoms. The fraction of sp³-hybridized carbons (Fsp3) is 0.667. The van der Waals surface area contributed by atoms with Gasteiger partial charge in [0.2, 0.25) is 0 Å². The number of aryl methyl sites for hydroxylation is 2. The number of hydrogen-bond donors (Lipinski definition) is 1. The maximum Gasteiger partial charge on any atom is 0.0106 e. The average Bonchev–Trinajstić information content (AvgIpc) is 2.44. The van der Waals surface area contributed by atoms with Gasteiger partial charge < -0.3 is 10.3 Å². The van der Waals surface area contributed by atoms with E-state index in [-0.39, 0.29) is 5.54 Å². The van der Waals surface area contributed by atoms with Gasteiger partial charge in [0.15, 0.2) is 0 Å². The number of rotatable bonds is 5. The van der Waals surface area contributed by atoms with Crippen molar-refractivity contribution in [3.8, 4) is 0 Å². The first-order valence-electron chi connectivity index (χ1n) is 5.37. The fourth-order valence-corrected chi connectivity index (χ4v) is 1.62. The van der Waals surface area contributed by atoms with Gasteiger partial charge in [0.25, 0.3) is 0 Å². The molecule has 0 amide bonds. The summed E-state index contributed by atoms with van der Waals surface area (Å²) in [4.78, 5) is 0. The summed E-state index contributed by atoms with van der Waals surface area (Å²) in [5, 5.41) is 0. The van der Waals surface area contributed by atoms with Crippen LogP contribution >= 0.6 is 0 Å². The Hall–Kier alpha value is -0.760. The van der Waals surface area contributed by atoms with Crippen LogP contribution in [0, 0.1) is 0 Å². The summed E-state index contributed by atoms with van der Waals surface area (Å²) in [5.41, 5.74) is 7.34. The molecule has 80 valence electrons. The van der Waals surface area contributed by atoms with Crippen LogP contribution in [-0.4, -0.2) is 10.1 Å². The van der Waals surface area contributed by atoms with Gasteiger partial charge in [-0.15, -0.1) is 0 Å². The minimum Gasteiger partial charge on any atom is -0.357 e. The van der Waals surface area contributed by atoms with Crippen molar-refractivity contribution in [2.24, 2.45) is 12.8 Å². The van der Waals surface area contributed by atoms with Gasteiger partial charge in [-0.25, -0.2) is 0 Å². The first kappa shape index (κ1) is 11.3. The average molecular weight is 194 g/mol. The van der Waals surface area contributed by atoms with Gasteiger partial charge in [-0.3, -0.25) is 0 Å². The van der Waals surface area contributed by atoms with E-state index in [1.54, 1.807) is 0 Å². The molecule has 0 saturated carbocycles. The molecule has 1 aromatic heterocycles. The van der Waals surface area contributed by atoms with Crippen molar-refractivity contribution in [2.45, 2.75) is 45.1 Å². The third-order valence-electron chi connectivity index (χ3n) is 2.43. The Morgan fingerprint density at radius 1 is 1.36 bits per heavy atom. The van der Waals surface area contributed by atoms with Crippen LogP contribution in [0.3, 0.4) is 0 Å². The molecule has 0 aliphatic heterocycles. The van der Waals surface area contributed by atoms with Crippen molar-refractivity contribution in [1.29, 1.82) is 0 Å². The highest BCUT2D eigenvalue weighted by Gasteiger charge is 2.09. The van der Waals surface area contributed by atoms with Gasteiger partial charge >= 0.3 is 0 Å². The van der Waals surface area contributed by atoms with E-state index in [4.69, 9.17) is 5.73 Å². The molecule has 0 fully saturated rings. The summed E-state index contributed by atoms with van der Waals surface area (Å²) in [6.45, 7) is 4.19. The number of aromatic nitrogens is 1. The summed E-state index contributed by atoms with van der Waals surface area (Å²) >= 11 is 0. The molecule has 14 heavy (non-hydrogen) atoms. The SMILES string of the molecule is Cn1ccc(CCCCC(C)(C)N)c1. The summed E-state index contributed by atoms with van der Waals surface area (Å²) in [6.07, 6.45) is 9.04. The van der Waals surface area contributed by atoms with Gasteiger partial charge in [-0.2, -0.15) is 0 Å². The Labute approximate surface area is 87.1 Å². The minimum atomic E-state index is -0.00329. The molecule has 0 aliphatic rings. The van der Waals surface area contributed by atoms with E-state index in [1.807, 2.05) is 0 Å². The van der Waals surface area contributed by atoms with E-state index in [1.165, 1.54) is 24.8 Å². The Kier molecular flexibility index (Phi) is 3.76. The molecular formula is C12H22N2. The van der Waals surface area contributed by atoms with Crippen molar-refractivity contribution in [3.63, 3.8) is 0 Å². The van der Waals surface area contributed by atoms with Crippen LogP contribution in [0.4, 0.5) is 0 Å². The van der Waals surface area contributed by atoms with Gasteiger partial charge in [0.05, 0.1) is 0 Å². The zero-order chi connectivity index (χ0) is 10.6. The highest BCUT2D eigenvalue weighted by molar-refractivity contribution is 5.09. The van der Waals surface area contributed by atoms with Gasteiger partial charge in [0, 0.05) is 25.0 Å². The Morgan fingerprint density at radius 2 is 2.07 bits per heavy atom. The topological polar surface area (TPSA) is 30.9 Å². The lowest BCUT2D eigenvalue weighted by molar-refractivity contribution is 0.450. The molecule has 1 heterocycles. The van der Waals surface area contributed by atoms with E-state index in [0.717, 1.165) is 6.42 Å². The summed E-state index contributed by atoms with van der Waals surface area (Å²) in [7, 11) is 2.06. The van der Waals surface area contributed by atoms with Crippen LogP contribution in [0.15, 0.2) is 18.5 Å². The zero-order valence-electron chi connectivity index (χ0n) is 9.59. The molecule has 1 aromatic rings. The largest absolute Gasteiger partial charge is 0.357 e. The number of nitrogens with zero attached hydrogens (tertiary/aromatic N) is 1. The molecule has 0 radical (unpaired) electrons. The van der Waals surface area contributed by atoms with Crippen LogP contribution < -0.4 is 5.73 Å². The van der Waals surface area contributed by atoms with E-state index in [0.29, 0.717) is 0 Å². The third-order valence-corrected chi connectivity index (χ3v) is 2.43. The smallest absolute Gasteiger partial charge is 0.0106 e. The number of unbranched alkanes of at least 4 members (excludes halogenated alkanes) is 1. The van der Waals surface area contributed by atoms with E-state index >= 15 is 0 Å². The maximum atomic E-state index is 5.91. The highest BCUT2D eigenvalue weighted by Crippen LogP contribution is 2.12. The molecule has 0 aliphatic carbocycles. The van der Waals surface area contributed by atoms with Crippen molar-refractivity contribution in [1.82, 2.24) is 4.57 Å². The minimum absolute atomic E-state index is 0.00329. The quantitative estimate of drug-likeness (QED) is 0.717. The molecule has 2 N–H and O–H groups in total. The molecular weight excluding hydrogens is 172 g/mol. The zero-order valence-corrected chi connectivity index (χ0v) is 9.59. The van der Waals surface area contributed by atoms with Crippen LogP contribution in [0.25, 0.3) is 0 Å². The van der Waals surface area contributed by atoms with Crippen molar-refractivity contribution >= 4 is 0 Å². The predicted molar refractivity (Wildman–Crippen MR) is 61.2 cm³/mol. The van der Waals surface area contributed by atoms with Gasteiger partial charge in [0.1, 0.15) is 0 Å². The third kappa shape index (κ3) is 4.47.